The van der Waals surface area contributed by atoms with Gasteiger partial charge in [-0.15, -0.1) is 6.58 Å². The molecule has 0 saturated carbocycles. The van der Waals surface area contributed by atoms with Crippen molar-refractivity contribution < 1.29 is 8.42 Å². The largest absolute Gasteiger partial charge is 0.382 e. The van der Waals surface area contributed by atoms with Crippen molar-refractivity contribution in [3.05, 3.63) is 36.9 Å². The van der Waals surface area contributed by atoms with Crippen molar-refractivity contribution in [2.75, 3.05) is 11.9 Å². The first-order valence-corrected chi connectivity index (χ1v) is 7.45. The fraction of sp³-hybridized carbons (Fsp3) is 0.385. The van der Waals surface area contributed by atoms with E-state index in [2.05, 4.69) is 16.6 Å². The molecule has 4 nitrogen and oxygen atoms in total. The Morgan fingerprint density at radius 3 is 2.44 bits per heavy atom. The summed E-state index contributed by atoms with van der Waals surface area (Å²) in [7, 11) is -3.36. The fourth-order valence-corrected chi connectivity index (χ4v) is 2.64. The van der Waals surface area contributed by atoms with Crippen molar-refractivity contribution in [3.8, 4) is 0 Å². The molecule has 18 heavy (non-hydrogen) atoms. The van der Waals surface area contributed by atoms with Gasteiger partial charge in [0.2, 0.25) is 10.0 Å². The van der Waals surface area contributed by atoms with Crippen molar-refractivity contribution in [3.63, 3.8) is 0 Å². The molecular formula is C13H20N2O2S. The predicted octanol–water partition coefficient (Wildman–Crippen LogP) is 2.36. The van der Waals surface area contributed by atoms with E-state index in [9.17, 15) is 8.42 Å². The Kier molecular flexibility index (Phi) is 5.37. The topological polar surface area (TPSA) is 58.2 Å². The maximum atomic E-state index is 11.7. The van der Waals surface area contributed by atoms with Gasteiger partial charge in [-0.3, -0.25) is 0 Å². The summed E-state index contributed by atoms with van der Waals surface area (Å²) >= 11 is 0. The van der Waals surface area contributed by atoms with Gasteiger partial charge >= 0.3 is 0 Å². The Morgan fingerprint density at radius 1 is 1.33 bits per heavy atom. The molecule has 2 N–H and O–H groups in total. The van der Waals surface area contributed by atoms with E-state index in [1.54, 1.807) is 31.2 Å². The lowest BCUT2D eigenvalue weighted by molar-refractivity contribution is 0.584. The van der Waals surface area contributed by atoms with Crippen LogP contribution in [0.5, 0.6) is 0 Å². The average molecular weight is 268 g/mol. The van der Waals surface area contributed by atoms with E-state index in [0.29, 0.717) is 6.54 Å². The molecular weight excluding hydrogens is 248 g/mol. The third-order valence-electron chi connectivity index (χ3n) is 2.43. The van der Waals surface area contributed by atoms with Gasteiger partial charge in [0, 0.05) is 18.3 Å². The summed E-state index contributed by atoms with van der Waals surface area (Å²) < 4.78 is 25.9. The van der Waals surface area contributed by atoms with Crippen LogP contribution in [0.15, 0.2) is 41.8 Å². The second-order valence-corrected chi connectivity index (χ2v) is 5.86. The number of hydrogen-bond acceptors (Lipinski definition) is 3. The van der Waals surface area contributed by atoms with Crippen LogP contribution in [0, 0.1) is 0 Å². The van der Waals surface area contributed by atoms with Crippen LogP contribution in [-0.2, 0) is 10.0 Å². The number of anilines is 1. The Hall–Kier alpha value is -1.33. The van der Waals surface area contributed by atoms with Crippen molar-refractivity contribution in [1.82, 2.24) is 4.72 Å². The monoisotopic (exact) mass is 268 g/mol. The number of nitrogens with one attached hydrogen (secondary N) is 2. The number of sulfonamides is 1. The molecule has 0 aliphatic carbocycles. The molecule has 0 aliphatic heterocycles. The lowest BCUT2D eigenvalue weighted by Gasteiger charge is -2.13. The second-order valence-electron chi connectivity index (χ2n) is 4.10. The summed E-state index contributed by atoms with van der Waals surface area (Å²) in [4.78, 5) is 0.284. The zero-order chi connectivity index (χ0) is 13.6. The lowest BCUT2D eigenvalue weighted by atomic mass is 10.2. The first-order chi connectivity index (χ1) is 8.49. The van der Waals surface area contributed by atoms with Crippen LogP contribution in [0.4, 0.5) is 5.69 Å². The molecule has 5 heteroatoms. The van der Waals surface area contributed by atoms with Crippen LogP contribution in [0.3, 0.4) is 0 Å². The van der Waals surface area contributed by atoms with E-state index in [-0.39, 0.29) is 10.9 Å². The molecule has 0 amide bonds. The quantitative estimate of drug-likeness (QED) is 0.746. The minimum Gasteiger partial charge on any atom is -0.382 e. The van der Waals surface area contributed by atoms with Gasteiger partial charge in [0.1, 0.15) is 0 Å². The molecule has 0 aliphatic rings. The summed E-state index contributed by atoms with van der Waals surface area (Å²) in [6, 6.07) is 7.01. The standard InChI is InChI=1S/C13H20N2O2S/c1-4-6-11(3)15-12-7-9-13(10-8-12)18(16,17)14-5-2/h4,7-11,14-15H,1,5-6H2,2-3H3. The van der Waals surface area contributed by atoms with Gasteiger partial charge in [0.25, 0.3) is 0 Å². The van der Waals surface area contributed by atoms with Crippen LogP contribution in [0.1, 0.15) is 20.3 Å². The summed E-state index contributed by atoms with van der Waals surface area (Å²) in [6.07, 6.45) is 2.71. The van der Waals surface area contributed by atoms with Crippen LogP contribution in [0.25, 0.3) is 0 Å². The van der Waals surface area contributed by atoms with Crippen LogP contribution in [0.2, 0.25) is 0 Å². The summed E-state index contributed by atoms with van der Waals surface area (Å²) in [5.41, 5.74) is 0.903. The Labute approximate surface area is 109 Å². The van der Waals surface area contributed by atoms with E-state index < -0.39 is 10.0 Å². The fourth-order valence-electron chi connectivity index (χ4n) is 1.60. The Bertz CT molecular complexity index is 480. The van der Waals surface area contributed by atoms with E-state index in [1.807, 2.05) is 13.0 Å². The maximum absolute atomic E-state index is 11.7. The van der Waals surface area contributed by atoms with E-state index in [4.69, 9.17) is 0 Å². The molecule has 1 unspecified atom stereocenters. The smallest absolute Gasteiger partial charge is 0.240 e. The molecule has 0 fully saturated rings. The first kappa shape index (κ1) is 14.7. The van der Waals surface area contributed by atoms with Crippen molar-refractivity contribution >= 4 is 15.7 Å². The van der Waals surface area contributed by atoms with Gasteiger partial charge in [-0.25, -0.2) is 13.1 Å². The van der Waals surface area contributed by atoms with Crippen LogP contribution in [-0.4, -0.2) is 21.0 Å². The Morgan fingerprint density at radius 2 is 1.94 bits per heavy atom. The molecule has 0 aromatic heterocycles. The Balaban J connectivity index is 2.77. The number of benzene rings is 1. The highest BCUT2D eigenvalue weighted by Gasteiger charge is 2.11. The molecule has 1 atom stereocenters. The third-order valence-corrected chi connectivity index (χ3v) is 3.99. The first-order valence-electron chi connectivity index (χ1n) is 5.96. The number of rotatable bonds is 7. The molecule has 0 radical (unpaired) electrons. The van der Waals surface area contributed by atoms with Gasteiger partial charge < -0.3 is 5.32 Å². The van der Waals surface area contributed by atoms with Gasteiger partial charge in [-0.05, 0) is 37.6 Å². The summed E-state index contributed by atoms with van der Waals surface area (Å²) in [5, 5.41) is 3.27. The second kappa shape index (κ2) is 6.56. The molecule has 0 bridgehead atoms. The molecule has 1 rings (SSSR count). The molecule has 1 aromatic carbocycles. The molecule has 0 saturated heterocycles. The summed E-state index contributed by atoms with van der Waals surface area (Å²) in [5.74, 6) is 0. The molecule has 0 spiro atoms. The van der Waals surface area contributed by atoms with E-state index in [0.717, 1.165) is 12.1 Å². The highest BCUT2D eigenvalue weighted by molar-refractivity contribution is 7.89. The minimum absolute atomic E-state index is 0.277. The average Bonchev–Trinajstić information content (AvgIpc) is 2.30. The minimum atomic E-state index is -3.36. The molecule has 1 aromatic rings. The molecule has 0 heterocycles. The van der Waals surface area contributed by atoms with Gasteiger partial charge in [0.05, 0.1) is 4.90 Å². The van der Waals surface area contributed by atoms with E-state index >= 15 is 0 Å². The molecule has 100 valence electrons. The van der Waals surface area contributed by atoms with Gasteiger partial charge in [-0.1, -0.05) is 13.0 Å². The zero-order valence-electron chi connectivity index (χ0n) is 10.8. The third kappa shape index (κ3) is 4.16. The van der Waals surface area contributed by atoms with Gasteiger partial charge in [0.15, 0.2) is 0 Å². The normalized spacial score (nSPS) is 13.0. The van der Waals surface area contributed by atoms with Crippen molar-refractivity contribution in [1.29, 1.82) is 0 Å². The van der Waals surface area contributed by atoms with Crippen molar-refractivity contribution in [2.24, 2.45) is 0 Å². The highest BCUT2D eigenvalue weighted by atomic mass is 32.2. The van der Waals surface area contributed by atoms with Crippen LogP contribution < -0.4 is 10.0 Å². The lowest BCUT2D eigenvalue weighted by Crippen LogP contribution is -2.23. The summed E-state index contributed by atoms with van der Waals surface area (Å²) in [6.45, 7) is 7.87. The maximum Gasteiger partial charge on any atom is 0.240 e. The van der Waals surface area contributed by atoms with Crippen LogP contribution >= 0.6 is 0 Å². The van der Waals surface area contributed by atoms with E-state index in [1.165, 1.54) is 0 Å². The predicted molar refractivity (Wildman–Crippen MR) is 75.2 cm³/mol. The van der Waals surface area contributed by atoms with Gasteiger partial charge in [-0.2, -0.15) is 0 Å². The zero-order valence-corrected chi connectivity index (χ0v) is 11.6. The van der Waals surface area contributed by atoms with Crippen molar-refractivity contribution in [2.45, 2.75) is 31.2 Å². The SMILES string of the molecule is C=CCC(C)Nc1ccc(S(=O)(=O)NCC)cc1. The highest BCUT2D eigenvalue weighted by Crippen LogP contribution is 2.15. The number of hydrogen-bond donors (Lipinski definition) is 2.